The third-order valence-corrected chi connectivity index (χ3v) is 5.75. The maximum Gasteiger partial charge on any atom is 0.573 e. The summed E-state index contributed by atoms with van der Waals surface area (Å²) in [7, 11) is 0. The molecule has 17 heteroatoms. The number of halogens is 8. The fourth-order valence-electron chi connectivity index (χ4n) is 3.90. The second kappa shape index (κ2) is 11.4. The van der Waals surface area contributed by atoms with E-state index in [1.807, 2.05) is 0 Å². The Kier molecular flexibility index (Phi) is 7.79. The van der Waals surface area contributed by atoms with Gasteiger partial charge >= 0.3 is 18.6 Å². The van der Waals surface area contributed by atoms with E-state index < -0.39 is 24.5 Å². The van der Waals surface area contributed by atoms with Gasteiger partial charge in [0, 0.05) is 55.2 Å². The zero-order chi connectivity index (χ0) is 31.7. The van der Waals surface area contributed by atoms with Crippen LogP contribution in [0.4, 0.5) is 35.1 Å². The van der Waals surface area contributed by atoms with Crippen LogP contribution in [0.5, 0.6) is 11.5 Å². The summed E-state index contributed by atoms with van der Waals surface area (Å²) < 4.78 is 110. The van der Waals surface area contributed by atoms with Gasteiger partial charge in [-0.1, -0.05) is 24.3 Å². The van der Waals surface area contributed by atoms with Crippen molar-refractivity contribution < 1.29 is 44.6 Å². The molecule has 2 aromatic carbocycles. The molecule has 0 N–H and O–H groups in total. The molecule has 0 aliphatic rings. The molecule has 9 nitrogen and oxygen atoms in total. The average Bonchev–Trinajstić information content (AvgIpc) is 3.59. The zero-order valence-corrected chi connectivity index (χ0v) is 22.1. The first-order valence-corrected chi connectivity index (χ1v) is 12.2. The molecule has 0 saturated carbocycles. The molecule has 0 unspecified atom stereocenters. The lowest BCUT2D eigenvalue weighted by Crippen LogP contribution is -2.16. The highest BCUT2D eigenvalue weighted by Crippen LogP contribution is 2.29. The van der Waals surface area contributed by atoms with E-state index in [0.717, 1.165) is 27.7 Å². The van der Waals surface area contributed by atoms with Gasteiger partial charge in [-0.05, 0) is 35.4 Å². The monoisotopic (exact) mass is 623 g/mol. The van der Waals surface area contributed by atoms with Crippen molar-refractivity contribution in [3.05, 3.63) is 91.5 Å². The summed E-state index contributed by atoms with van der Waals surface area (Å²) in [6.07, 6.45) is 0.0110. The number of hydrogen-bond acceptors (Lipinski definition) is 7. The minimum atomic E-state index is -4.79. The van der Waals surface area contributed by atoms with Gasteiger partial charge in [0.05, 0.1) is 0 Å². The third kappa shape index (κ3) is 7.34. The standard InChI is InChI=1S/C14H9F5N4O.C13H8F3N3O/c1-13(15,16)11-21-22-12-20-6-9(7-23(11)12)8-2-4-10(5-3-8)24-14(17,18)19;14-13(15,16)20-11-3-1-9(2-4-11)10-7-18-12-17-5-6-19(12)8-10/h2-7H,1H3;1-8H. The first kappa shape index (κ1) is 30.1. The summed E-state index contributed by atoms with van der Waals surface area (Å²) >= 11 is 0. The molecule has 0 aliphatic heterocycles. The number of nitrogens with zero attached hydrogens (tertiary/aromatic N) is 7. The molecule has 4 heterocycles. The summed E-state index contributed by atoms with van der Waals surface area (Å²) in [5.41, 5.74) is 2.39. The molecule has 0 amide bonds. The molecule has 0 aliphatic carbocycles. The zero-order valence-electron chi connectivity index (χ0n) is 22.1. The number of rotatable bonds is 5. The quantitative estimate of drug-likeness (QED) is 0.189. The van der Waals surface area contributed by atoms with Gasteiger partial charge in [-0.2, -0.15) is 8.78 Å². The Bertz CT molecular complexity index is 1880. The molecule has 228 valence electrons. The number of hydrogen-bond donors (Lipinski definition) is 0. The molecule has 0 radical (unpaired) electrons. The van der Waals surface area contributed by atoms with Crippen LogP contribution in [0, 0.1) is 0 Å². The van der Waals surface area contributed by atoms with Crippen LogP contribution < -0.4 is 9.47 Å². The second-order valence-corrected chi connectivity index (χ2v) is 9.05. The van der Waals surface area contributed by atoms with Gasteiger partial charge in [-0.3, -0.25) is 8.80 Å². The van der Waals surface area contributed by atoms with Crippen LogP contribution >= 0.6 is 0 Å². The van der Waals surface area contributed by atoms with E-state index in [1.54, 1.807) is 41.3 Å². The Morgan fingerprint density at radius 1 is 0.591 bits per heavy atom. The summed E-state index contributed by atoms with van der Waals surface area (Å²) in [5.74, 6) is -3.88. The van der Waals surface area contributed by atoms with Gasteiger partial charge in [0.15, 0.2) is 0 Å². The molecular formula is C27H17F8N7O2. The Labute approximate surface area is 241 Å². The van der Waals surface area contributed by atoms with Crippen LogP contribution in [0.25, 0.3) is 33.8 Å². The van der Waals surface area contributed by atoms with Crippen LogP contribution in [0.15, 0.2) is 85.7 Å². The lowest BCUT2D eigenvalue weighted by Gasteiger charge is -2.10. The fraction of sp³-hybridized carbons (Fsp3) is 0.148. The van der Waals surface area contributed by atoms with E-state index in [0.29, 0.717) is 23.8 Å². The number of fused-ring (bicyclic) bond motifs is 2. The SMILES string of the molecule is CC(F)(F)c1nnc2ncc(-c3ccc(OC(F)(F)F)cc3)cn12.FC(F)(F)Oc1ccc(-c2cnc3nccn3c2)cc1. The van der Waals surface area contributed by atoms with E-state index in [-0.39, 0.29) is 17.3 Å². The summed E-state index contributed by atoms with van der Waals surface area (Å²) in [6, 6.07) is 10.6. The molecule has 6 rings (SSSR count). The molecule has 44 heavy (non-hydrogen) atoms. The van der Waals surface area contributed by atoms with Crippen molar-refractivity contribution in [3.8, 4) is 33.8 Å². The summed E-state index contributed by atoms with van der Waals surface area (Å²) in [5, 5.41) is 6.96. The number of benzene rings is 2. The fourth-order valence-corrected chi connectivity index (χ4v) is 3.90. The van der Waals surface area contributed by atoms with Gasteiger partial charge in [0.1, 0.15) is 11.5 Å². The van der Waals surface area contributed by atoms with Crippen LogP contribution in [-0.2, 0) is 5.92 Å². The van der Waals surface area contributed by atoms with E-state index >= 15 is 0 Å². The normalized spacial score (nSPS) is 12.2. The van der Waals surface area contributed by atoms with Crippen molar-refractivity contribution >= 4 is 11.6 Å². The first-order chi connectivity index (χ1) is 20.6. The third-order valence-electron chi connectivity index (χ3n) is 5.75. The number of aromatic nitrogens is 7. The summed E-state index contributed by atoms with van der Waals surface area (Å²) in [6.45, 7) is 0.680. The number of alkyl halides is 8. The van der Waals surface area contributed by atoms with Gasteiger partial charge in [0.25, 0.3) is 5.78 Å². The smallest absolute Gasteiger partial charge is 0.406 e. The van der Waals surface area contributed by atoms with Crippen LogP contribution in [-0.4, -0.2) is 46.7 Å². The largest absolute Gasteiger partial charge is 0.573 e. The van der Waals surface area contributed by atoms with E-state index in [1.165, 1.54) is 36.7 Å². The Morgan fingerprint density at radius 3 is 1.59 bits per heavy atom. The number of ether oxygens (including phenoxy) is 2. The Morgan fingerprint density at radius 2 is 1.09 bits per heavy atom. The van der Waals surface area contributed by atoms with Gasteiger partial charge < -0.3 is 9.47 Å². The van der Waals surface area contributed by atoms with E-state index in [4.69, 9.17) is 0 Å². The summed E-state index contributed by atoms with van der Waals surface area (Å²) in [4.78, 5) is 12.1. The maximum atomic E-state index is 13.5. The maximum absolute atomic E-state index is 13.5. The number of imidazole rings is 1. The molecular weight excluding hydrogens is 606 g/mol. The predicted octanol–water partition coefficient (Wildman–Crippen LogP) is 7.10. The Balaban J connectivity index is 0.000000177. The van der Waals surface area contributed by atoms with Crippen LogP contribution in [0.1, 0.15) is 12.7 Å². The van der Waals surface area contributed by atoms with Crippen molar-refractivity contribution in [1.29, 1.82) is 0 Å². The highest BCUT2D eigenvalue weighted by molar-refractivity contribution is 5.64. The molecule has 0 fully saturated rings. The second-order valence-electron chi connectivity index (χ2n) is 9.05. The lowest BCUT2D eigenvalue weighted by molar-refractivity contribution is -0.275. The minimum Gasteiger partial charge on any atom is -0.406 e. The highest BCUT2D eigenvalue weighted by atomic mass is 19.4. The first-order valence-electron chi connectivity index (χ1n) is 12.2. The predicted molar refractivity (Wildman–Crippen MR) is 138 cm³/mol. The van der Waals surface area contributed by atoms with E-state index in [9.17, 15) is 35.1 Å². The average molecular weight is 623 g/mol. The molecule has 0 bridgehead atoms. The van der Waals surface area contributed by atoms with Crippen LogP contribution in [0.3, 0.4) is 0 Å². The van der Waals surface area contributed by atoms with Crippen molar-refractivity contribution in [1.82, 2.24) is 34.0 Å². The molecule has 0 saturated heterocycles. The molecule has 6 aromatic rings. The highest BCUT2D eigenvalue weighted by Gasteiger charge is 2.32. The molecule has 4 aromatic heterocycles. The Hall–Kier alpha value is -5.35. The van der Waals surface area contributed by atoms with Gasteiger partial charge in [0.2, 0.25) is 11.6 Å². The topological polar surface area (TPSA) is 91.7 Å². The molecule has 0 atom stereocenters. The van der Waals surface area contributed by atoms with Crippen molar-refractivity contribution in [2.24, 2.45) is 0 Å². The van der Waals surface area contributed by atoms with Crippen LogP contribution in [0.2, 0.25) is 0 Å². The van der Waals surface area contributed by atoms with Crippen molar-refractivity contribution in [2.45, 2.75) is 25.6 Å². The van der Waals surface area contributed by atoms with Crippen molar-refractivity contribution in [2.75, 3.05) is 0 Å². The minimum absolute atomic E-state index is 0.00713. The van der Waals surface area contributed by atoms with Crippen molar-refractivity contribution in [3.63, 3.8) is 0 Å². The van der Waals surface area contributed by atoms with E-state index in [2.05, 4.69) is 34.6 Å². The molecule has 0 spiro atoms. The van der Waals surface area contributed by atoms with Gasteiger partial charge in [-0.15, -0.1) is 36.5 Å². The lowest BCUT2D eigenvalue weighted by atomic mass is 10.1. The van der Waals surface area contributed by atoms with Gasteiger partial charge in [-0.25, -0.2) is 15.0 Å².